The fraction of sp³-hybridized carbons (Fsp3) is 0.600. The zero-order chi connectivity index (χ0) is 16.9. The van der Waals surface area contributed by atoms with Gasteiger partial charge >= 0.3 is 0 Å². The number of piperidine rings is 1. The van der Waals surface area contributed by atoms with Gasteiger partial charge in [0.2, 0.25) is 0 Å². The molecule has 0 bridgehead atoms. The Balaban J connectivity index is 1.36. The molecule has 132 valence electrons. The van der Waals surface area contributed by atoms with Crippen LogP contribution in [0.5, 0.6) is 0 Å². The van der Waals surface area contributed by atoms with E-state index in [4.69, 9.17) is 0 Å². The number of likely N-dealkylation sites (tertiary alicyclic amines) is 1. The predicted molar refractivity (Wildman–Crippen MR) is 97.1 cm³/mol. The molecule has 1 aliphatic carbocycles. The van der Waals surface area contributed by atoms with Crippen LogP contribution >= 0.6 is 0 Å². The summed E-state index contributed by atoms with van der Waals surface area (Å²) in [6, 6.07) is 2.05. The first-order valence-corrected chi connectivity index (χ1v) is 9.67. The Morgan fingerprint density at radius 3 is 2.48 bits per heavy atom. The van der Waals surface area contributed by atoms with E-state index in [1.165, 1.54) is 56.2 Å². The lowest BCUT2D eigenvalue weighted by Crippen LogP contribution is -2.34. The first kappa shape index (κ1) is 16.6. The van der Waals surface area contributed by atoms with Crippen molar-refractivity contribution >= 4 is 0 Å². The summed E-state index contributed by atoms with van der Waals surface area (Å²) in [5, 5.41) is 0. The van der Waals surface area contributed by atoms with Crippen LogP contribution in [-0.4, -0.2) is 37.9 Å². The lowest BCUT2D eigenvalue weighted by atomic mass is 9.89. The van der Waals surface area contributed by atoms with Crippen molar-refractivity contribution in [3.63, 3.8) is 0 Å². The van der Waals surface area contributed by atoms with Crippen molar-refractivity contribution in [1.82, 2.24) is 24.8 Å². The van der Waals surface area contributed by atoms with Crippen molar-refractivity contribution < 1.29 is 0 Å². The van der Waals surface area contributed by atoms with Gasteiger partial charge in [-0.2, -0.15) is 0 Å². The van der Waals surface area contributed by atoms with Gasteiger partial charge in [0.15, 0.2) is 0 Å². The Hall–Kier alpha value is -1.88. The van der Waals surface area contributed by atoms with Gasteiger partial charge in [-0.25, -0.2) is 19.9 Å². The van der Waals surface area contributed by atoms with E-state index in [0.29, 0.717) is 11.8 Å². The van der Waals surface area contributed by atoms with Gasteiger partial charge in [0.1, 0.15) is 12.2 Å². The van der Waals surface area contributed by atoms with E-state index in [9.17, 15) is 0 Å². The molecule has 1 aliphatic heterocycles. The second-order valence-corrected chi connectivity index (χ2v) is 7.49. The molecule has 2 aromatic rings. The fourth-order valence-electron chi connectivity index (χ4n) is 4.26. The summed E-state index contributed by atoms with van der Waals surface area (Å²) in [4.78, 5) is 20.4. The average molecular weight is 337 g/mol. The van der Waals surface area contributed by atoms with Gasteiger partial charge in [-0.05, 0) is 38.3 Å². The van der Waals surface area contributed by atoms with Gasteiger partial charge < -0.3 is 0 Å². The molecule has 0 unspecified atom stereocenters. The highest BCUT2D eigenvalue weighted by Gasteiger charge is 2.23. The summed E-state index contributed by atoms with van der Waals surface area (Å²) < 4.78 is 0. The Morgan fingerprint density at radius 1 is 0.920 bits per heavy atom. The largest absolute Gasteiger partial charge is 0.298 e. The van der Waals surface area contributed by atoms with E-state index in [1.807, 2.05) is 18.6 Å². The number of hydrogen-bond donors (Lipinski definition) is 0. The minimum Gasteiger partial charge on any atom is -0.298 e. The number of rotatable bonds is 4. The van der Waals surface area contributed by atoms with Gasteiger partial charge in [-0.1, -0.05) is 19.3 Å². The molecule has 5 heteroatoms. The van der Waals surface area contributed by atoms with Crippen LogP contribution in [0.4, 0.5) is 0 Å². The minimum absolute atomic E-state index is 0.513. The van der Waals surface area contributed by atoms with Gasteiger partial charge in [0, 0.05) is 54.8 Å². The molecule has 1 saturated carbocycles. The zero-order valence-corrected chi connectivity index (χ0v) is 14.8. The minimum atomic E-state index is 0.513. The van der Waals surface area contributed by atoms with Crippen LogP contribution in [0.15, 0.2) is 31.0 Å². The van der Waals surface area contributed by atoms with Crippen LogP contribution < -0.4 is 0 Å². The normalized spacial score (nSPS) is 22.8. The van der Waals surface area contributed by atoms with E-state index in [2.05, 4.69) is 30.9 Å². The highest BCUT2D eigenvalue weighted by Crippen LogP contribution is 2.30. The maximum Gasteiger partial charge on any atom is 0.131 e. The van der Waals surface area contributed by atoms with Crippen LogP contribution in [0, 0.1) is 0 Å². The quantitative estimate of drug-likeness (QED) is 0.851. The van der Waals surface area contributed by atoms with Gasteiger partial charge in [0.25, 0.3) is 0 Å². The molecule has 4 rings (SSSR count). The van der Waals surface area contributed by atoms with Crippen molar-refractivity contribution in [2.45, 2.75) is 63.3 Å². The average Bonchev–Trinajstić information content (AvgIpc) is 2.70. The molecule has 0 aromatic carbocycles. The summed E-state index contributed by atoms with van der Waals surface area (Å²) in [6.07, 6.45) is 16.6. The zero-order valence-electron chi connectivity index (χ0n) is 14.8. The van der Waals surface area contributed by atoms with Gasteiger partial charge in [0.05, 0.1) is 0 Å². The van der Waals surface area contributed by atoms with E-state index >= 15 is 0 Å². The standard InChI is InChI=1S/C20H27N5/c1-2-5-17(6-3-1)20-22-11-16(12-23-20)13-25-10-4-7-18(14-25)19-8-9-21-15-24-19/h8-9,11-12,15,17-18H,1-7,10,13-14H2/t18-/m0/s1. The van der Waals surface area contributed by atoms with Crippen LogP contribution in [-0.2, 0) is 6.54 Å². The summed E-state index contributed by atoms with van der Waals surface area (Å²) >= 11 is 0. The van der Waals surface area contributed by atoms with Crippen LogP contribution in [0.25, 0.3) is 0 Å². The molecule has 5 nitrogen and oxygen atoms in total. The molecule has 1 atom stereocenters. The van der Waals surface area contributed by atoms with Crippen LogP contribution in [0.1, 0.15) is 73.9 Å². The van der Waals surface area contributed by atoms with E-state index < -0.39 is 0 Å². The molecule has 0 amide bonds. The van der Waals surface area contributed by atoms with Gasteiger partial charge in [-0.3, -0.25) is 4.90 Å². The lowest BCUT2D eigenvalue weighted by Gasteiger charge is -2.32. The topological polar surface area (TPSA) is 54.8 Å². The van der Waals surface area contributed by atoms with Crippen molar-refractivity contribution in [2.75, 3.05) is 13.1 Å². The Morgan fingerprint density at radius 2 is 1.72 bits per heavy atom. The van der Waals surface area contributed by atoms with Crippen LogP contribution in [0.3, 0.4) is 0 Å². The third-order valence-electron chi connectivity index (χ3n) is 5.63. The molecule has 25 heavy (non-hydrogen) atoms. The van der Waals surface area contributed by atoms with E-state index in [-0.39, 0.29) is 0 Å². The predicted octanol–water partition coefficient (Wildman–Crippen LogP) is 3.69. The van der Waals surface area contributed by atoms with Crippen molar-refractivity contribution in [3.8, 4) is 0 Å². The molecule has 0 N–H and O–H groups in total. The highest BCUT2D eigenvalue weighted by atomic mass is 15.1. The first-order chi connectivity index (χ1) is 12.4. The molecule has 3 heterocycles. The summed E-state index contributed by atoms with van der Waals surface area (Å²) in [5.41, 5.74) is 2.39. The fourth-order valence-corrected chi connectivity index (χ4v) is 4.26. The third kappa shape index (κ3) is 4.21. The summed E-state index contributed by atoms with van der Waals surface area (Å²) in [7, 11) is 0. The molecule has 2 aromatic heterocycles. The van der Waals surface area contributed by atoms with Crippen molar-refractivity contribution in [1.29, 1.82) is 0 Å². The Labute approximate surface area is 149 Å². The maximum atomic E-state index is 4.69. The number of hydrogen-bond acceptors (Lipinski definition) is 5. The first-order valence-electron chi connectivity index (χ1n) is 9.67. The lowest BCUT2D eigenvalue weighted by molar-refractivity contribution is 0.198. The molecule has 1 saturated heterocycles. The highest BCUT2D eigenvalue weighted by molar-refractivity contribution is 5.11. The van der Waals surface area contributed by atoms with Crippen molar-refractivity contribution in [3.05, 3.63) is 48.1 Å². The van der Waals surface area contributed by atoms with Crippen LogP contribution in [0.2, 0.25) is 0 Å². The molecular weight excluding hydrogens is 310 g/mol. The number of nitrogens with zero attached hydrogens (tertiary/aromatic N) is 5. The van der Waals surface area contributed by atoms with E-state index in [1.54, 1.807) is 6.33 Å². The molecule has 2 aliphatic rings. The Bertz CT molecular complexity index is 652. The molecule has 0 radical (unpaired) electrons. The monoisotopic (exact) mass is 337 g/mol. The third-order valence-corrected chi connectivity index (χ3v) is 5.63. The maximum absolute atomic E-state index is 4.69. The number of aromatic nitrogens is 4. The molecule has 0 spiro atoms. The second kappa shape index (κ2) is 8.00. The molecular formula is C20H27N5. The molecule has 2 fully saturated rings. The Kier molecular flexibility index (Phi) is 5.31. The summed E-state index contributed by atoms with van der Waals surface area (Å²) in [6.45, 7) is 3.14. The smallest absolute Gasteiger partial charge is 0.131 e. The summed E-state index contributed by atoms with van der Waals surface area (Å²) in [5.74, 6) is 2.15. The SMILES string of the molecule is c1cc([C@H]2CCCN(Cc3cnc(C4CCCCC4)nc3)C2)ncn1. The van der Waals surface area contributed by atoms with Crippen molar-refractivity contribution in [2.24, 2.45) is 0 Å². The second-order valence-electron chi connectivity index (χ2n) is 7.49. The van der Waals surface area contributed by atoms with Gasteiger partial charge in [-0.15, -0.1) is 0 Å². The van der Waals surface area contributed by atoms with E-state index in [0.717, 1.165) is 25.5 Å².